The second-order valence-corrected chi connectivity index (χ2v) is 6.72. The zero-order chi connectivity index (χ0) is 17.7. The number of hydrogen-bond acceptors (Lipinski definition) is 2. The molecule has 1 aliphatic rings. The van der Waals surface area contributed by atoms with Gasteiger partial charge in [0.25, 0.3) is 0 Å². The standard InChI is InChI=1S/C18H27F2N3O/c1-4-22(3)11-14-7-8-23(12-14)18(24)21-10-13(2)15-5-6-16(19)17(20)9-15/h5-6,9,13-14H,4,7-8,10-12H2,1-3H3,(H,21,24)/t13-,14+/m1/s1. The molecule has 0 radical (unpaired) electrons. The van der Waals surface area contributed by atoms with Gasteiger partial charge in [-0.25, -0.2) is 13.6 Å². The molecule has 24 heavy (non-hydrogen) atoms. The fourth-order valence-corrected chi connectivity index (χ4v) is 3.02. The van der Waals surface area contributed by atoms with Gasteiger partial charge in [0, 0.05) is 26.2 Å². The summed E-state index contributed by atoms with van der Waals surface area (Å²) >= 11 is 0. The van der Waals surface area contributed by atoms with Gasteiger partial charge in [0.1, 0.15) is 0 Å². The summed E-state index contributed by atoms with van der Waals surface area (Å²) in [4.78, 5) is 16.4. The SMILES string of the molecule is CCN(C)C[C@@H]1CCN(C(=O)NC[C@@H](C)c2ccc(F)c(F)c2)C1. The average Bonchev–Trinajstić information content (AvgIpc) is 3.03. The van der Waals surface area contributed by atoms with Crippen LogP contribution < -0.4 is 5.32 Å². The van der Waals surface area contributed by atoms with E-state index in [0.29, 0.717) is 18.0 Å². The molecule has 0 aliphatic carbocycles. The van der Waals surface area contributed by atoms with E-state index in [9.17, 15) is 13.6 Å². The van der Waals surface area contributed by atoms with E-state index in [1.54, 1.807) is 6.07 Å². The molecule has 1 fully saturated rings. The molecule has 0 saturated carbocycles. The Labute approximate surface area is 142 Å². The van der Waals surface area contributed by atoms with Crippen LogP contribution in [0.4, 0.5) is 13.6 Å². The van der Waals surface area contributed by atoms with Crippen LogP contribution in [0.1, 0.15) is 31.7 Å². The molecule has 0 aromatic heterocycles. The number of benzene rings is 1. The minimum atomic E-state index is -0.854. The molecule has 1 heterocycles. The number of halogens is 2. The Balaban J connectivity index is 1.79. The summed E-state index contributed by atoms with van der Waals surface area (Å²) in [5.41, 5.74) is 0.679. The molecule has 1 aromatic rings. The summed E-state index contributed by atoms with van der Waals surface area (Å²) in [6.07, 6.45) is 1.02. The number of amides is 2. The Morgan fingerprint density at radius 2 is 2.17 bits per heavy atom. The van der Waals surface area contributed by atoms with Gasteiger partial charge in [-0.15, -0.1) is 0 Å². The van der Waals surface area contributed by atoms with Crippen LogP contribution in [0.2, 0.25) is 0 Å². The third kappa shape index (κ3) is 4.90. The van der Waals surface area contributed by atoms with Crippen LogP contribution in [0.25, 0.3) is 0 Å². The number of hydrogen-bond donors (Lipinski definition) is 1. The second-order valence-electron chi connectivity index (χ2n) is 6.72. The van der Waals surface area contributed by atoms with Gasteiger partial charge in [0.15, 0.2) is 11.6 Å². The van der Waals surface area contributed by atoms with Crippen molar-refractivity contribution >= 4 is 6.03 Å². The Hall–Kier alpha value is -1.69. The lowest BCUT2D eigenvalue weighted by atomic mass is 10.0. The number of urea groups is 1. The van der Waals surface area contributed by atoms with E-state index in [2.05, 4.69) is 24.2 Å². The van der Waals surface area contributed by atoms with Gasteiger partial charge in [-0.3, -0.25) is 0 Å². The first-order valence-electron chi connectivity index (χ1n) is 8.57. The predicted octanol–water partition coefficient (Wildman–Crippen LogP) is 3.05. The highest BCUT2D eigenvalue weighted by molar-refractivity contribution is 5.74. The van der Waals surface area contributed by atoms with Crippen LogP contribution in [0, 0.1) is 17.6 Å². The summed E-state index contributed by atoms with van der Waals surface area (Å²) in [5, 5.41) is 2.90. The summed E-state index contributed by atoms with van der Waals surface area (Å²) in [6, 6.07) is 3.80. The monoisotopic (exact) mass is 339 g/mol. The van der Waals surface area contributed by atoms with Gasteiger partial charge in [0.05, 0.1) is 0 Å². The molecule has 6 heteroatoms. The van der Waals surface area contributed by atoms with Gasteiger partial charge in [-0.2, -0.15) is 0 Å². The fourth-order valence-electron chi connectivity index (χ4n) is 3.02. The molecule has 2 atom stereocenters. The molecule has 0 spiro atoms. The maximum atomic E-state index is 13.3. The van der Waals surface area contributed by atoms with E-state index in [0.717, 1.165) is 38.7 Å². The summed E-state index contributed by atoms with van der Waals surface area (Å²) in [6.45, 7) is 7.97. The van der Waals surface area contributed by atoms with Crippen LogP contribution in [0.3, 0.4) is 0 Å². The Morgan fingerprint density at radius 3 is 2.83 bits per heavy atom. The van der Waals surface area contributed by atoms with Gasteiger partial charge in [0.2, 0.25) is 0 Å². The zero-order valence-electron chi connectivity index (χ0n) is 14.7. The zero-order valence-corrected chi connectivity index (χ0v) is 14.7. The van der Waals surface area contributed by atoms with E-state index >= 15 is 0 Å². The first-order valence-corrected chi connectivity index (χ1v) is 8.57. The van der Waals surface area contributed by atoms with E-state index in [-0.39, 0.29) is 11.9 Å². The Morgan fingerprint density at radius 1 is 1.42 bits per heavy atom. The van der Waals surface area contributed by atoms with Crippen molar-refractivity contribution in [2.75, 3.05) is 39.8 Å². The molecule has 134 valence electrons. The van der Waals surface area contributed by atoms with Crippen molar-refractivity contribution in [2.24, 2.45) is 5.92 Å². The topological polar surface area (TPSA) is 35.6 Å². The Kier molecular flexibility index (Phi) is 6.54. The molecule has 0 unspecified atom stereocenters. The fraction of sp³-hybridized carbons (Fsp3) is 0.611. The molecule has 0 bridgehead atoms. The van der Waals surface area contributed by atoms with Gasteiger partial charge >= 0.3 is 6.03 Å². The van der Waals surface area contributed by atoms with Crippen molar-refractivity contribution < 1.29 is 13.6 Å². The first-order chi connectivity index (χ1) is 11.4. The van der Waals surface area contributed by atoms with Gasteiger partial charge < -0.3 is 15.1 Å². The molecule has 1 N–H and O–H groups in total. The first kappa shape index (κ1) is 18.6. The summed E-state index contributed by atoms with van der Waals surface area (Å²) in [5.74, 6) is -1.26. The second kappa shape index (κ2) is 8.42. The molecule has 1 aromatic carbocycles. The predicted molar refractivity (Wildman–Crippen MR) is 91.0 cm³/mol. The van der Waals surface area contributed by atoms with Crippen LogP contribution >= 0.6 is 0 Å². The van der Waals surface area contributed by atoms with Crippen LogP contribution in [0.15, 0.2) is 18.2 Å². The van der Waals surface area contributed by atoms with Crippen LogP contribution in [-0.4, -0.2) is 55.6 Å². The van der Waals surface area contributed by atoms with Crippen molar-refractivity contribution in [1.29, 1.82) is 0 Å². The molecule has 2 rings (SSSR count). The quantitative estimate of drug-likeness (QED) is 0.865. The molecule has 1 aliphatic heterocycles. The number of carbonyl (C=O) groups excluding carboxylic acids is 1. The number of nitrogens with one attached hydrogen (secondary N) is 1. The van der Waals surface area contributed by atoms with E-state index in [1.165, 1.54) is 6.07 Å². The Bertz CT molecular complexity index is 567. The number of nitrogens with zero attached hydrogens (tertiary/aromatic N) is 2. The number of rotatable bonds is 6. The normalized spacial score (nSPS) is 18.9. The highest BCUT2D eigenvalue weighted by atomic mass is 19.2. The highest BCUT2D eigenvalue weighted by Crippen LogP contribution is 2.19. The maximum absolute atomic E-state index is 13.3. The molecule has 1 saturated heterocycles. The van der Waals surface area contributed by atoms with Crippen LogP contribution in [0.5, 0.6) is 0 Å². The lowest BCUT2D eigenvalue weighted by Crippen LogP contribution is -2.40. The van der Waals surface area contributed by atoms with E-state index < -0.39 is 11.6 Å². The van der Waals surface area contributed by atoms with Gasteiger partial charge in [-0.1, -0.05) is 19.9 Å². The van der Waals surface area contributed by atoms with E-state index in [1.807, 2.05) is 11.8 Å². The third-order valence-corrected chi connectivity index (χ3v) is 4.75. The van der Waals surface area contributed by atoms with Crippen molar-refractivity contribution in [1.82, 2.24) is 15.1 Å². The third-order valence-electron chi connectivity index (χ3n) is 4.75. The summed E-state index contributed by atoms with van der Waals surface area (Å²) < 4.78 is 26.3. The molecular formula is C18H27F2N3O. The van der Waals surface area contributed by atoms with Crippen molar-refractivity contribution in [2.45, 2.75) is 26.2 Å². The largest absolute Gasteiger partial charge is 0.337 e. The maximum Gasteiger partial charge on any atom is 0.317 e. The lowest BCUT2D eigenvalue weighted by Gasteiger charge is -2.21. The summed E-state index contributed by atoms with van der Waals surface area (Å²) in [7, 11) is 2.09. The lowest BCUT2D eigenvalue weighted by molar-refractivity contribution is 0.204. The molecule has 2 amide bonds. The molecule has 4 nitrogen and oxygen atoms in total. The average molecular weight is 339 g/mol. The van der Waals surface area contributed by atoms with Crippen LogP contribution in [-0.2, 0) is 0 Å². The number of likely N-dealkylation sites (tertiary alicyclic amines) is 1. The number of carbonyl (C=O) groups is 1. The van der Waals surface area contributed by atoms with E-state index in [4.69, 9.17) is 0 Å². The minimum absolute atomic E-state index is 0.0753. The minimum Gasteiger partial charge on any atom is -0.337 e. The van der Waals surface area contributed by atoms with Gasteiger partial charge in [-0.05, 0) is 49.5 Å². The van der Waals surface area contributed by atoms with Crippen molar-refractivity contribution in [3.05, 3.63) is 35.4 Å². The molecular weight excluding hydrogens is 312 g/mol. The van der Waals surface area contributed by atoms with Crippen molar-refractivity contribution in [3.8, 4) is 0 Å². The van der Waals surface area contributed by atoms with Crippen molar-refractivity contribution in [3.63, 3.8) is 0 Å². The smallest absolute Gasteiger partial charge is 0.317 e. The highest BCUT2D eigenvalue weighted by Gasteiger charge is 2.26.